The third kappa shape index (κ3) is 5.91. The van der Waals surface area contributed by atoms with Gasteiger partial charge in [0.1, 0.15) is 0 Å². The lowest BCUT2D eigenvalue weighted by Gasteiger charge is -2.21. The molecule has 0 spiro atoms. The van der Waals surface area contributed by atoms with Gasteiger partial charge in [0.05, 0.1) is 6.54 Å². The van der Waals surface area contributed by atoms with E-state index in [9.17, 15) is 9.59 Å². The Balaban J connectivity index is 1.88. The topological polar surface area (TPSA) is 49.4 Å². The fourth-order valence-electron chi connectivity index (χ4n) is 2.57. The van der Waals surface area contributed by atoms with Crippen molar-refractivity contribution in [1.29, 1.82) is 0 Å². The molecule has 0 saturated carbocycles. The summed E-state index contributed by atoms with van der Waals surface area (Å²) in [5.74, 6) is -0.327. The van der Waals surface area contributed by atoms with Crippen LogP contribution in [0.1, 0.15) is 24.5 Å². The molecule has 0 fully saturated rings. The van der Waals surface area contributed by atoms with E-state index in [0.29, 0.717) is 17.3 Å². The molecule has 0 radical (unpaired) electrons. The third-order valence-corrected chi connectivity index (χ3v) is 4.47. The van der Waals surface area contributed by atoms with Crippen molar-refractivity contribution in [3.8, 4) is 0 Å². The molecule has 0 aliphatic carbocycles. The van der Waals surface area contributed by atoms with Crippen molar-refractivity contribution in [2.24, 2.45) is 0 Å². The highest BCUT2D eigenvalue weighted by Crippen LogP contribution is 2.22. The quantitative estimate of drug-likeness (QED) is 0.811. The fourth-order valence-corrected chi connectivity index (χ4v) is 2.75. The van der Waals surface area contributed by atoms with Crippen LogP contribution >= 0.6 is 11.6 Å². The average Bonchev–Trinajstić information content (AvgIpc) is 2.59. The molecule has 0 aliphatic rings. The van der Waals surface area contributed by atoms with Crippen LogP contribution in [0.4, 0.5) is 5.69 Å². The summed E-state index contributed by atoms with van der Waals surface area (Å²) < 4.78 is 0. The predicted molar refractivity (Wildman–Crippen MR) is 102 cm³/mol. The molecule has 0 bridgehead atoms. The zero-order chi connectivity index (χ0) is 18.2. The molecule has 4 nitrogen and oxygen atoms in total. The van der Waals surface area contributed by atoms with Gasteiger partial charge in [-0.15, -0.1) is 0 Å². The van der Waals surface area contributed by atoms with Crippen LogP contribution in [0, 0.1) is 6.92 Å². The number of hydrogen-bond donors (Lipinski definition) is 1. The number of hydrogen-bond acceptors (Lipinski definition) is 2. The molecule has 2 rings (SSSR count). The van der Waals surface area contributed by atoms with Crippen molar-refractivity contribution in [1.82, 2.24) is 4.90 Å². The van der Waals surface area contributed by atoms with Gasteiger partial charge in [0.15, 0.2) is 0 Å². The van der Waals surface area contributed by atoms with Crippen LogP contribution in [0.5, 0.6) is 0 Å². The van der Waals surface area contributed by atoms with Crippen molar-refractivity contribution < 1.29 is 9.59 Å². The Morgan fingerprint density at radius 3 is 2.48 bits per heavy atom. The summed E-state index contributed by atoms with van der Waals surface area (Å²) in [6, 6.07) is 15.5. The molecule has 2 aromatic rings. The highest BCUT2D eigenvalue weighted by atomic mass is 35.5. The molecule has 0 saturated heterocycles. The van der Waals surface area contributed by atoms with Gasteiger partial charge < -0.3 is 10.2 Å². The molecule has 0 atom stereocenters. The molecule has 0 heterocycles. The van der Waals surface area contributed by atoms with Crippen LogP contribution in [-0.4, -0.2) is 29.8 Å². The second-order valence-corrected chi connectivity index (χ2v) is 6.40. The number of carbonyl (C=O) groups excluding carboxylic acids is 2. The van der Waals surface area contributed by atoms with Crippen LogP contribution in [0.15, 0.2) is 48.5 Å². The van der Waals surface area contributed by atoms with Gasteiger partial charge in [0.2, 0.25) is 11.8 Å². The SMILES string of the molecule is CC(=O)N(CCCc1ccccc1)CC(=O)Nc1cccc(Cl)c1C. The number of carbonyl (C=O) groups is 2. The number of nitrogens with zero attached hydrogens (tertiary/aromatic N) is 1. The summed E-state index contributed by atoms with van der Waals surface area (Å²) in [5, 5.41) is 3.43. The molecule has 0 unspecified atom stereocenters. The second-order valence-electron chi connectivity index (χ2n) is 5.99. The summed E-state index contributed by atoms with van der Waals surface area (Å²) in [7, 11) is 0. The maximum Gasteiger partial charge on any atom is 0.244 e. The van der Waals surface area contributed by atoms with E-state index in [-0.39, 0.29) is 18.4 Å². The van der Waals surface area contributed by atoms with E-state index in [4.69, 9.17) is 11.6 Å². The summed E-state index contributed by atoms with van der Waals surface area (Å²) in [6.07, 6.45) is 1.69. The van der Waals surface area contributed by atoms with Crippen molar-refractivity contribution in [3.63, 3.8) is 0 Å². The minimum atomic E-state index is -0.222. The van der Waals surface area contributed by atoms with E-state index in [1.54, 1.807) is 23.1 Å². The lowest BCUT2D eigenvalue weighted by Crippen LogP contribution is -2.37. The molecule has 1 N–H and O–H groups in total. The van der Waals surface area contributed by atoms with Gasteiger partial charge in [-0.3, -0.25) is 9.59 Å². The zero-order valence-corrected chi connectivity index (χ0v) is 15.3. The number of aryl methyl sites for hydroxylation is 1. The maximum atomic E-state index is 12.3. The minimum absolute atomic E-state index is 0.0378. The third-order valence-electron chi connectivity index (χ3n) is 4.06. The van der Waals surface area contributed by atoms with Gasteiger partial charge in [-0.1, -0.05) is 48.0 Å². The number of amides is 2. The van der Waals surface area contributed by atoms with Gasteiger partial charge in [-0.05, 0) is 43.0 Å². The fraction of sp³-hybridized carbons (Fsp3) is 0.300. The highest BCUT2D eigenvalue weighted by Gasteiger charge is 2.14. The number of benzene rings is 2. The zero-order valence-electron chi connectivity index (χ0n) is 14.6. The number of halogens is 1. The second kappa shape index (κ2) is 9.23. The average molecular weight is 359 g/mol. The van der Waals surface area contributed by atoms with E-state index >= 15 is 0 Å². The summed E-state index contributed by atoms with van der Waals surface area (Å²) in [4.78, 5) is 25.7. The van der Waals surface area contributed by atoms with Gasteiger partial charge in [0, 0.05) is 24.2 Å². The molecular weight excluding hydrogens is 336 g/mol. The standard InChI is InChI=1S/C20H23ClN2O2/c1-15-18(21)11-6-12-19(15)22-20(25)14-23(16(2)24)13-7-10-17-8-4-3-5-9-17/h3-6,8-9,11-12H,7,10,13-14H2,1-2H3,(H,22,25). The van der Waals surface area contributed by atoms with Crippen LogP contribution in [-0.2, 0) is 16.0 Å². The first-order valence-electron chi connectivity index (χ1n) is 8.32. The van der Waals surface area contributed by atoms with Crippen LogP contribution in [0.2, 0.25) is 5.02 Å². The van der Waals surface area contributed by atoms with E-state index in [0.717, 1.165) is 18.4 Å². The largest absolute Gasteiger partial charge is 0.334 e. The Hall–Kier alpha value is -2.33. The number of rotatable bonds is 7. The molecule has 0 aliphatic heterocycles. The summed E-state index contributed by atoms with van der Waals surface area (Å²) in [6.45, 7) is 3.92. The van der Waals surface area contributed by atoms with Gasteiger partial charge >= 0.3 is 0 Å². The highest BCUT2D eigenvalue weighted by molar-refractivity contribution is 6.31. The van der Waals surface area contributed by atoms with Crippen molar-refractivity contribution >= 4 is 29.1 Å². The van der Waals surface area contributed by atoms with Crippen LogP contribution in [0.25, 0.3) is 0 Å². The monoisotopic (exact) mass is 358 g/mol. The molecular formula is C20H23ClN2O2. The molecule has 2 amide bonds. The predicted octanol–water partition coefficient (Wildman–Crippen LogP) is 4.07. The molecule has 0 aromatic heterocycles. The number of nitrogens with one attached hydrogen (secondary N) is 1. The molecule has 5 heteroatoms. The Labute approximate surface area is 153 Å². The Bertz CT molecular complexity index is 732. The van der Waals surface area contributed by atoms with Gasteiger partial charge in [0.25, 0.3) is 0 Å². The van der Waals surface area contributed by atoms with Crippen LogP contribution < -0.4 is 5.32 Å². The smallest absolute Gasteiger partial charge is 0.244 e. The lowest BCUT2D eigenvalue weighted by atomic mass is 10.1. The van der Waals surface area contributed by atoms with E-state index < -0.39 is 0 Å². The van der Waals surface area contributed by atoms with Crippen molar-refractivity contribution in [2.75, 3.05) is 18.4 Å². The molecule has 25 heavy (non-hydrogen) atoms. The van der Waals surface area contributed by atoms with Crippen molar-refractivity contribution in [3.05, 3.63) is 64.7 Å². The maximum absolute atomic E-state index is 12.3. The summed E-state index contributed by atoms with van der Waals surface area (Å²) >= 11 is 6.06. The van der Waals surface area contributed by atoms with Crippen molar-refractivity contribution in [2.45, 2.75) is 26.7 Å². The summed E-state index contributed by atoms with van der Waals surface area (Å²) in [5.41, 5.74) is 2.71. The Kier molecular flexibility index (Phi) is 7.02. The normalized spacial score (nSPS) is 10.4. The Morgan fingerprint density at radius 1 is 1.08 bits per heavy atom. The minimum Gasteiger partial charge on any atom is -0.334 e. The van der Waals surface area contributed by atoms with Crippen LogP contribution in [0.3, 0.4) is 0 Å². The number of anilines is 1. The molecule has 132 valence electrons. The van der Waals surface area contributed by atoms with E-state index in [1.807, 2.05) is 25.1 Å². The first kappa shape index (κ1) is 19.0. The van der Waals surface area contributed by atoms with Gasteiger partial charge in [-0.25, -0.2) is 0 Å². The Morgan fingerprint density at radius 2 is 1.80 bits per heavy atom. The first-order chi connectivity index (χ1) is 12.0. The van der Waals surface area contributed by atoms with Gasteiger partial charge in [-0.2, -0.15) is 0 Å². The van der Waals surface area contributed by atoms with E-state index in [1.165, 1.54) is 12.5 Å². The lowest BCUT2D eigenvalue weighted by molar-refractivity contribution is -0.132. The first-order valence-corrected chi connectivity index (χ1v) is 8.69. The molecule has 2 aromatic carbocycles. The van der Waals surface area contributed by atoms with E-state index in [2.05, 4.69) is 17.4 Å².